The number of hydrogen-bond acceptors (Lipinski definition) is 3. The normalized spacial score (nSPS) is 26.2. The second kappa shape index (κ2) is 4.23. The van der Waals surface area contributed by atoms with Crippen LogP contribution in [-0.2, 0) is 9.59 Å². The number of hydrogen-bond donors (Lipinski definition) is 2. The summed E-state index contributed by atoms with van der Waals surface area (Å²) in [6.07, 6.45) is 0.908. The molecule has 0 unspecified atom stereocenters. The fourth-order valence-corrected chi connectivity index (χ4v) is 1.56. The molecule has 2 atom stereocenters. The maximum atomic E-state index is 11.4. The number of likely N-dealkylation sites (tertiary alicyclic amines) is 1. The number of β-amino-alcohol motifs (C(OH)–C–C–N with tert-alkyl or cyclic N) is 1. The fraction of sp³-hybridized carbons (Fsp3) is 0.556. The minimum atomic E-state index is -1.07. The summed E-state index contributed by atoms with van der Waals surface area (Å²) < 4.78 is 0. The van der Waals surface area contributed by atoms with Gasteiger partial charge in [0.15, 0.2) is 0 Å². The van der Waals surface area contributed by atoms with Crippen LogP contribution in [-0.4, -0.2) is 45.7 Å². The van der Waals surface area contributed by atoms with Crippen LogP contribution in [0.2, 0.25) is 0 Å². The van der Waals surface area contributed by atoms with Crippen molar-refractivity contribution >= 4 is 11.9 Å². The molecule has 0 aromatic rings. The van der Waals surface area contributed by atoms with Crippen molar-refractivity contribution in [1.82, 2.24) is 4.90 Å². The Morgan fingerprint density at radius 3 is 2.71 bits per heavy atom. The van der Waals surface area contributed by atoms with Gasteiger partial charge in [0.1, 0.15) is 6.04 Å². The molecule has 5 nitrogen and oxygen atoms in total. The summed E-state index contributed by atoms with van der Waals surface area (Å²) in [6, 6.07) is -0.891. The summed E-state index contributed by atoms with van der Waals surface area (Å²) in [6.45, 7) is 3.50. The number of carboxylic acid groups (broad SMARTS) is 1. The molecule has 0 saturated carbocycles. The first-order chi connectivity index (χ1) is 6.56. The highest BCUT2D eigenvalue weighted by Gasteiger charge is 2.38. The molecule has 0 aromatic heterocycles. The van der Waals surface area contributed by atoms with Gasteiger partial charge in [-0.25, -0.2) is 4.79 Å². The van der Waals surface area contributed by atoms with Crippen LogP contribution in [0.1, 0.15) is 12.8 Å². The van der Waals surface area contributed by atoms with Crippen LogP contribution in [0.15, 0.2) is 12.7 Å². The summed E-state index contributed by atoms with van der Waals surface area (Å²) in [4.78, 5) is 23.3. The van der Waals surface area contributed by atoms with E-state index in [1.165, 1.54) is 11.0 Å². The van der Waals surface area contributed by atoms with E-state index in [1.807, 2.05) is 0 Å². The molecule has 0 aliphatic carbocycles. The summed E-state index contributed by atoms with van der Waals surface area (Å²) in [5, 5.41) is 18.0. The van der Waals surface area contributed by atoms with Gasteiger partial charge in [-0.3, -0.25) is 4.79 Å². The van der Waals surface area contributed by atoms with Gasteiger partial charge in [-0.15, -0.1) is 6.58 Å². The molecule has 1 heterocycles. The van der Waals surface area contributed by atoms with Gasteiger partial charge in [0.25, 0.3) is 0 Å². The smallest absolute Gasteiger partial charge is 0.326 e. The van der Waals surface area contributed by atoms with Crippen LogP contribution in [0.25, 0.3) is 0 Å². The quantitative estimate of drug-likeness (QED) is 0.607. The molecular formula is C9H13NO4. The maximum absolute atomic E-state index is 11.4. The van der Waals surface area contributed by atoms with Crippen LogP contribution in [0, 0.1) is 0 Å². The van der Waals surface area contributed by atoms with Gasteiger partial charge < -0.3 is 15.1 Å². The van der Waals surface area contributed by atoms with E-state index in [4.69, 9.17) is 5.11 Å². The molecule has 1 aliphatic heterocycles. The van der Waals surface area contributed by atoms with Crippen molar-refractivity contribution in [3.8, 4) is 0 Å². The van der Waals surface area contributed by atoms with E-state index in [1.54, 1.807) is 0 Å². The van der Waals surface area contributed by atoms with Gasteiger partial charge in [-0.2, -0.15) is 0 Å². The van der Waals surface area contributed by atoms with Crippen molar-refractivity contribution in [3.63, 3.8) is 0 Å². The topological polar surface area (TPSA) is 77.8 Å². The molecule has 2 N–H and O–H groups in total. The summed E-state index contributed by atoms with van der Waals surface area (Å²) in [5.74, 6) is -1.37. The minimum Gasteiger partial charge on any atom is -0.480 e. The first-order valence-electron chi connectivity index (χ1n) is 4.37. The summed E-state index contributed by atoms with van der Waals surface area (Å²) >= 11 is 0. The third-order valence-corrected chi connectivity index (χ3v) is 2.20. The highest BCUT2D eigenvalue weighted by molar-refractivity contribution is 5.85. The Morgan fingerprint density at radius 2 is 2.21 bits per heavy atom. The van der Waals surface area contributed by atoms with Crippen LogP contribution < -0.4 is 0 Å². The zero-order valence-electron chi connectivity index (χ0n) is 7.72. The van der Waals surface area contributed by atoms with E-state index < -0.39 is 18.1 Å². The lowest BCUT2D eigenvalue weighted by molar-refractivity contribution is -0.147. The Kier molecular flexibility index (Phi) is 3.24. The molecule has 1 amide bonds. The molecule has 1 rings (SSSR count). The highest BCUT2D eigenvalue weighted by atomic mass is 16.4. The molecular weight excluding hydrogens is 186 g/mol. The lowest BCUT2D eigenvalue weighted by Crippen LogP contribution is -2.40. The van der Waals surface area contributed by atoms with Gasteiger partial charge in [0.2, 0.25) is 5.91 Å². The third-order valence-electron chi connectivity index (χ3n) is 2.20. The molecule has 1 fully saturated rings. The lowest BCUT2D eigenvalue weighted by atomic mass is 10.2. The van der Waals surface area contributed by atoms with E-state index in [0.29, 0.717) is 0 Å². The standard InChI is InChI=1S/C9H13NO4/c1-2-3-8(12)10-5-6(11)4-7(10)9(13)14/h2,6-7,11H,1,3-5H2,(H,13,14)/t6-,7+/m1/s1. The Hall–Kier alpha value is -1.36. The number of aliphatic carboxylic acids is 1. The average molecular weight is 199 g/mol. The van der Waals surface area contributed by atoms with Crippen LogP contribution >= 0.6 is 0 Å². The van der Waals surface area contributed by atoms with Crippen molar-refractivity contribution in [1.29, 1.82) is 0 Å². The lowest BCUT2D eigenvalue weighted by Gasteiger charge is -2.20. The molecule has 0 aromatic carbocycles. The molecule has 78 valence electrons. The fourth-order valence-electron chi connectivity index (χ4n) is 1.56. The van der Waals surface area contributed by atoms with Crippen molar-refractivity contribution in [2.24, 2.45) is 0 Å². The number of nitrogens with zero attached hydrogens (tertiary/aromatic N) is 1. The second-order valence-electron chi connectivity index (χ2n) is 3.28. The first-order valence-corrected chi connectivity index (χ1v) is 4.37. The van der Waals surface area contributed by atoms with Gasteiger partial charge in [-0.05, 0) is 0 Å². The van der Waals surface area contributed by atoms with Gasteiger partial charge in [0.05, 0.1) is 6.10 Å². The number of carbonyl (C=O) groups is 2. The Bertz CT molecular complexity index is 264. The van der Waals surface area contributed by atoms with Gasteiger partial charge in [-0.1, -0.05) is 6.08 Å². The van der Waals surface area contributed by atoms with Crippen LogP contribution in [0.5, 0.6) is 0 Å². The van der Waals surface area contributed by atoms with Crippen molar-refractivity contribution in [2.75, 3.05) is 6.54 Å². The molecule has 0 spiro atoms. The Labute approximate surface area is 81.6 Å². The number of carboxylic acids is 1. The molecule has 0 radical (unpaired) electrons. The molecule has 0 bridgehead atoms. The molecule has 5 heteroatoms. The number of aliphatic hydroxyl groups is 1. The van der Waals surface area contributed by atoms with E-state index >= 15 is 0 Å². The maximum Gasteiger partial charge on any atom is 0.326 e. The highest BCUT2D eigenvalue weighted by Crippen LogP contribution is 2.19. The summed E-state index contributed by atoms with van der Waals surface area (Å²) in [7, 11) is 0. The van der Waals surface area contributed by atoms with E-state index in [-0.39, 0.29) is 25.3 Å². The third kappa shape index (κ3) is 2.11. The van der Waals surface area contributed by atoms with E-state index in [9.17, 15) is 14.7 Å². The first kappa shape index (κ1) is 10.7. The number of aliphatic hydroxyl groups excluding tert-OH is 1. The molecule has 1 aliphatic rings. The predicted molar refractivity (Wildman–Crippen MR) is 48.6 cm³/mol. The number of rotatable bonds is 3. The van der Waals surface area contributed by atoms with E-state index in [2.05, 4.69) is 6.58 Å². The molecule has 1 saturated heterocycles. The van der Waals surface area contributed by atoms with Gasteiger partial charge >= 0.3 is 5.97 Å². The van der Waals surface area contributed by atoms with Crippen LogP contribution in [0.3, 0.4) is 0 Å². The predicted octanol–water partition coefficient (Wildman–Crippen LogP) is -0.391. The zero-order valence-corrected chi connectivity index (χ0v) is 7.72. The van der Waals surface area contributed by atoms with Crippen molar-refractivity contribution < 1.29 is 19.8 Å². The summed E-state index contributed by atoms with van der Waals surface area (Å²) in [5.41, 5.74) is 0. The monoisotopic (exact) mass is 199 g/mol. The number of carbonyl (C=O) groups excluding carboxylic acids is 1. The average Bonchev–Trinajstić information content (AvgIpc) is 2.48. The van der Waals surface area contributed by atoms with Crippen molar-refractivity contribution in [3.05, 3.63) is 12.7 Å². The zero-order chi connectivity index (χ0) is 10.7. The van der Waals surface area contributed by atoms with E-state index in [0.717, 1.165) is 0 Å². The largest absolute Gasteiger partial charge is 0.480 e. The second-order valence-corrected chi connectivity index (χ2v) is 3.28. The van der Waals surface area contributed by atoms with Crippen LogP contribution in [0.4, 0.5) is 0 Å². The van der Waals surface area contributed by atoms with Gasteiger partial charge in [0, 0.05) is 19.4 Å². The minimum absolute atomic E-state index is 0.101. The SMILES string of the molecule is C=CCC(=O)N1C[C@H](O)C[C@H]1C(=O)O. The Balaban J connectivity index is 2.70. The number of amides is 1. The van der Waals surface area contributed by atoms with Crippen molar-refractivity contribution in [2.45, 2.75) is 25.0 Å². The molecule has 14 heavy (non-hydrogen) atoms. The Morgan fingerprint density at radius 1 is 1.57 bits per heavy atom.